The van der Waals surface area contributed by atoms with Crippen LogP contribution in [0.1, 0.15) is 39.0 Å². The number of hydrogen-bond donors (Lipinski definition) is 1. The monoisotopic (exact) mass is 538 g/mol. The predicted octanol–water partition coefficient (Wildman–Crippen LogP) is 5.90. The highest BCUT2D eigenvalue weighted by Gasteiger charge is 2.48. The van der Waals surface area contributed by atoms with Gasteiger partial charge in [-0.15, -0.1) is 0 Å². The molecule has 188 valence electrons. The molecule has 0 unspecified atom stereocenters. The lowest BCUT2D eigenvalue weighted by Crippen LogP contribution is -2.52. The van der Waals surface area contributed by atoms with Gasteiger partial charge in [0.25, 0.3) is 10.0 Å². The van der Waals surface area contributed by atoms with Crippen molar-refractivity contribution in [2.24, 2.45) is 29.6 Å². The fourth-order valence-electron chi connectivity index (χ4n) is 6.76. The number of nitrogens with one attached hydrogen (secondary N) is 1. The first-order valence-corrected chi connectivity index (χ1v) is 14.4. The third kappa shape index (κ3) is 4.79. The van der Waals surface area contributed by atoms with Crippen molar-refractivity contribution in [3.8, 4) is 0 Å². The maximum atomic E-state index is 14.9. The van der Waals surface area contributed by atoms with E-state index in [1.165, 1.54) is 75.4 Å². The van der Waals surface area contributed by atoms with Gasteiger partial charge >= 0.3 is 0 Å². The Morgan fingerprint density at radius 3 is 2.17 bits per heavy atom. The molecular formula is C26H29Cl2FN2O3S. The first-order chi connectivity index (χ1) is 16.6. The number of rotatable bonds is 7. The van der Waals surface area contributed by atoms with Gasteiger partial charge in [-0.05, 0) is 111 Å². The molecule has 0 saturated heterocycles. The largest absolute Gasteiger partial charge is 0.354 e. The summed E-state index contributed by atoms with van der Waals surface area (Å²) in [4.78, 5) is 13.2. The molecule has 1 atom stereocenters. The van der Waals surface area contributed by atoms with Crippen LogP contribution in [0.5, 0.6) is 0 Å². The number of benzene rings is 2. The minimum Gasteiger partial charge on any atom is -0.354 e. The van der Waals surface area contributed by atoms with E-state index in [-0.39, 0.29) is 15.6 Å². The average molecular weight is 540 g/mol. The zero-order chi connectivity index (χ0) is 24.9. The SMILES string of the molecule is C[C@H](C(=O)NCC1C2CC3CC(C2)CC1C3)N(c1cc(Cl)ccc1F)S(=O)(=O)c1ccc(Cl)cc1. The van der Waals surface area contributed by atoms with E-state index >= 15 is 0 Å². The van der Waals surface area contributed by atoms with E-state index in [2.05, 4.69) is 5.32 Å². The van der Waals surface area contributed by atoms with E-state index in [0.29, 0.717) is 29.3 Å². The van der Waals surface area contributed by atoms with Crippen molar-refractivity contribution in [2.75, 3.05) is 10.8 Å². The minimum atomic E-state index is -4.30. The molecule has 6 rings (SSSR count). The normalized spacial score (nSPS) is 28.1. The smallest absolute Gasteiger partial charge is 0.265 e. The fourth-order valence-corrected chi connectivity index (χ4v) is 8.68. The summed E-state index contributed by atoms with van der Waals surface area (Å²) in [6, 6.07) is 8.03. The van der Waals surface area contributed by atoms with Gasteiger partial charge in [0.15, 0.2) is 0 Å². The van der Waals surface area contributed by atoms with E-state index in [0.717, 1.165) is 22.2 Å². The molecule has 1 N–H and O–H groups in total. The molecule has 4 aliphatic rings. The summed E-state index contributed by atoms with van der Waals surface area (Å²) in [5, 5.41) is 3.54. The van der Waals surface area contributed by atoms with Crippen LogP contribution in [0.15, 0.2) is 47.4 Å². The van der Waals surface area contributed by atoms with Crippen LogP contribution in [0.2, 0.25) is 10.0 Å². The topological polar surface area (TPSA) is 66.5 Å². The molecule has 0 radical (unpaired) electrons. The lowest BCUT2D eigenvalue weighted by Gasteiger charge is -2.54. The number of halogens is 3. The molecule has 0 aliphatic heterocycles. The molecule has 1 amide bonds. The van der Waals surface area contributed by atoms with Crippen molar-refractivity contribution < 1.29 is 17.6 Å². The van der Waals surface area contributed by atoms with E-state index in [9.17, 15) is 17.6 Å². The van der Waals surface area contributed by atoms with Crippen LogP contribution in [0, 0.1) is 35.4 Å². The molecule has 9 heteroatoms. The van der Waals surface area contributed by atoms with Crippen LogP contribution >= 0.6 is 23.2 Å². The van der Waals surface area contributed by atoms with Crippen molar-refractivity contribution in [1.29, 1.82) is 0 Å². The highest BCUT2D eigenvalue weighted by atomic mass is 35.5. The molecule has 0 spiro atoms. The summed E-state index contributed by atoms with van der Waals surface area (Å²) >= 11 is 12.0. The van der Waals surface area contributed by atoms with Gasteiger partial charge in [-0.1, -0.05) is 23.2 Å². The third-order valence-corrected chi connectivity index (χ3v) is 10.6. The number of carbonyl (C=O) groups is 1. The number of carbonyl (C=O) groups excluding carboxylic acids is 1. The van der Waals surface area contributed by atoms with E-state index in [1.807, 2.05) is 0 Å². The zero-order valence-electron chi connectivity index (χ0n) is 19.5. The van der Waals surface area contributed by atoms with E-state index < -0.39 is 27.8 Å². The van der Waals surface area contributed by atoms with Crippen molar-refractivity contribution in [1.82, 2.24) is 5.32 Å². The summed E-state index contributed by atoms with van der Waals surface area (Å²) in [5.41, 5.74) is -0.273. The van der Waals surface area contributed by atoms with Crippen LogP contribution < -0.4 is 9.62 Å². The zero-order valence-corrected chi connectivity index (χ0v) is 21.8. The van der Waals surface area contributed by atoms with Crippen LogP contribution in [-0.4, -0.2) is 26.9 Å². The number of sulfonamides is 1. The number of anilines is 1. The van der Waals surface area contributed by atoms with Crippen molar-refractivity contribution in [3.63, 3.8) is 0 Å². The Morgan fingerprint density at radius 1 is 1.00 bits per heavy atom. The number of hydrogen-bond acceptors (Lipinski definition) is 3. The second kappa shape index (κ2) is 9.56. The Bertz CT molecular complexity index is 1190. The van der Waals surface area contributed by atoms with Crippen molar-refractivity contribution >= 4 is 44.8 Å². The molecule has 4 fully saturated rings. The summed E-state index contributed by atoms with van der Waals surface area (Å²) in [7, 11) is -4.30. The van der Waals surface area contributed by atoms with Gasteiger partial charge in [0.2, 0.25) is 5.91 Å². The van der Waals surface area contributed by atoms with Crippen molar-refractivity contribution in [2.45, 2.75) is 50.0 Å². The highest BCUT2D eigenvalue weighted by molar-refractivity contribution is 7.93. The second-order valence-corrected chi connectivity index (χ2v) is 13.1. The quantitative estimate of drug-likeness (QED) is 0.476. The maximum Gasteiger partial charge on any atom is 0.265 e. The van der Waals surface area contributed by atoms with E-state index in [1.54, 1.807) is 0 Å². The molecule has 5 nitrogen and oxygen atoms in total. The Kier molecular flexibility index (Phi) is 6.79. The Morgan fingerprint density at radius 2 is 1.57 bits per heavy atom. The van der Waals surface area contributed by atoms with Gasteiger partial charge in [-0.3, -0.25) is 9.10 Å². The summed E-state index contributed by atoms with van der Waals surface area (Å²) in [6.45, 7) is 1.99. The van der Waals surface area contributed by atoms with Crippen LogP contribution in [0.25, 0.3) is 0 Å². The van der Waals surface area contributed by atoms with Crippen LogP contribution in [0.3, 0.4) is 0 Å². The molecular weight excluding hydrogens is 510 g/mol. The lowest BCUT2D eigenvalue weighted by molar-refractivity contribution is -0.122. The second-order valence-electron chi connectivity index (χ2n) is 10.4. The van der Waals surface area contributed by atoms with Gasteiger partial charge in [-0.2, -0.15) is 0 Å². The third-order valence-electron chi connectivity index (χ3n) is 8.18. The first kappa shape index (κ1) is 24.8. The van der Waals surface area contributed by atoms with Gasteiger partial charge in [0.1, 0.15) is 11.9 Å². The standard InChI is InChI=1S/C26H29Cl2FN2O3S/c1-15(26(32)30-14-23-18-9-16-8-17(11-18)12-19(23)10-16)31(25-13-21(28)4-7-24(25)29)35(33,34)22-5-2-20(27)3-6-22/h2-7,13,15-19,23H,8-12,14H2,1H3,(H,30,32)/t15-,16?,17?,18?,19?,23?/m1/s1. The molecule has 2 aromatic rings. The Labute approximate surface area is 216 Å². The van der Waals surface area contributed by atoms with E-state index in [4.69, 9.17) is 23.2 Å². The van der Waals surface area contributed by atoms with Gasteiger partial charge in [0.05, 0.1) is 10.6 Å². The van der Waals surface area contributed by atoms with Gasteiger partial charge < -0.3 is 5.32 Å². The molecule has 0 heterocycles. The lowest BCUT2D eigenvalue weighted by atomic mass is 9.52. The predicted molar refractivity (Wildman–Crippen MR) is 136 cm³/mol. The highest BCUT2D eigenvalue weighted by Crippen LogP contribution is 2.56. The summed E-state index contributed by atoms with van der Waals surface area (Å²) in [6.07, 6.45) is 6.27. The first-order valence-electron chi connectivity index (χ1n) is 12.2. The summed E-state index contributed by atoms with van der Waals surface area (Å²) < 4.78 is 43.0. The number of amides is 1. The minimum absolute atomic E-state index is 0.0954. The van der Waals surface area contributed by atoms with Gasteiger partial charge in [0, 0.05) is 16.6 Å². The molecule has 2 aromatic carbocycles. The van der Waals surface area contributed by atoms with Gasteiger partial charge in [-0.25, -0.2) is 12.8 Å². The fraction of sp³-hybridized carbons (Fsp3) is 0.500. The summed E-state index contributed by atoms with van der Waals surface area (Å²) in [5.74, 6) is 2.08. The molecule has 0 aromatic heterocycles. The van der Waals surface area contributed by atoms with Crippen LogP contribution in [0.4, 0.5) is 10.1 Å². The average Bonchev–Trinajstić information content (AvgIpc) is 2.80. The Balaban J connectivity index is 1.40. The maximum absolute atomic E-state index is 14.9. The molecule has 4 saturated carbocycles. The van der Waals surface area contributed by atoms with Crippen molar-refractivity contribution in [3.05, 3.63) is 58.3 Å². The molecule has 4 aliphatic carbocycles. The number of nitrogens with zero attached hydrogens (tertiary/aromatic N) is 1. The molecule has 4 bridgehead atoms. The Hall–Kier alpha value is -1.83. The molecule has 35 heavy (non-hydrogen) atoms. The van der Waals surface area contributed by atoms with Crippen LogP contribution in [-0.2, 0) is 14.8 Å².